The largest absolute Gasteiger partial charge is 0.478 e. The van der Waals surface area contributed by atoms with Crippen molar-refractivity contribution in [3.63, 3.8) is 0 Å². The van der Waals surface area contributed by atoms with E-state index in [1.54, 1.807) is 12.1 Å². The van der Waals surface area contributed by atoms with Gasteiger partial charge in [-0.1, -0.05) is 18.7 Å². The van der Waals surface area contributed by atoms with Crippen molar-refractivity contribution in [3.05, 3.63) is 35.9 Å². The Hall–Kier alpha value is -2.10. The summed E-state index contributed by atoms with van der Waals surface area (Å²) in [7, 11) is 0. The summed E-state index contributed by atoms with van der Waals surface area (Å²) in [5.41, 5.74) is 6.59. The monoisotopic (exact) mass is 190 g/mol. The van der Waals surface area contributed by atoms with Crippen LogP contribution in [-0.2, 0) is 0 Å². The van der Waals surface area contributed by atoms with Crippen LogP contribution in [0.2, 0.25) is 0 Å². The van der Waals surface area contributed by atoms with Gasteiger partial charge in [0.25, 0.3) is 0 Å². The molecule has 0 saturated heterocycles. The van der Waals surface area contributed by atoms with Gasteiger partial charge in [0.2, 0.25) is 0 Å². The van der Waals surface area contributed by atoms with E-state index < -0.39 is 5.97 Å². The van der Waals surface area contributed by atoms with Crippen molar-refractivity contribution in [1.29, 1.82) is 0 Å². The standard InChI is InChI=1S/C10H10N2O2/c1-6(11)7-4-3-5-8(10(13)14)9(7)12-2/h3-5H,1-2,11H2,(H,13,14). The number of para-hydroxylation sites is 1. The normalized spacial score (nSPS) is 9.43. The van der Waals surface area contributed by atoms with E-state index in [1.807, 2.05) is 0 Å². The van der Waals surface area contributed by atoms with Crippen molar-refractivity contribution < 1.29 is 9.90 Å². The number of rotatable bonds is 3. The zero-order chi connectivity index (χ0) is 10.7. The molecule has 0 heterocycles. The van der Waals surface area contributed by atoms with Gasteiger partial charge in [0.15, 0.2) is 0 Å². The Bertz CT molecular complexity index is 378. The van der Waals surface area contributed by atoms with Crippen LogP contribution in [0.25, 0.3) is 5.70 Å². The smallest absolute Gasteiger partial charge is 0.337 e. The molecule has 0 saturated carbocycles. The van der Waals surface area contributed by atoms with Gasteiger partial charge in [-0.05, 0) is 12.8 Å². The quantitative estimate of drug-likeness (QED) is 0.711. The molecule has 4 nitrogen and oxygen atoms in total. The lowest BCUT2D eigenvalue weighted by atomic mass is 10.1. The molecule has 0 atom stereocenters. The van der Waals surface area contributed by atoms with Gasteiger partial charge in [0, 0.05) is 11.3 Å². The van der Waals surface area contributed by atoms with Crippen LogP contribution >= 0.6 is 0 Å². The molecule has 0 fully saturated rings. The molecule has 0 aliphatic heterocycles. The Morgan fingerprint density at radius 2 is 2.00 bits per heavy atom. The van der Waals surface area contributed by atoms with Gasteiger partial charge in [-0.15, -0.1) is 0 Å². The van der Waals surface area contributed by atoms with Crippen molar-refractivity contribution in [3.8, 4) is 0 Å². The summed E-state index contributed by atoms with van der Waals surface area (Å²) in [6, 6.07) is 4.68. The van der Waals surface area contributed by atoms with Crippen LogP contribution in [0.4, 0.5) is 5.69 Å². The predicted octanol–water partition coefficient (Wildman–Crippen LogP) is 1.65. The fourth-order valence-corrected chi connectivity index (χ4v) is 1.15. The number of carbonyl (C=O) groups is 1. The van der Waals surface area contributed by atoms with Gasteiger partial charge >= 0.3 is 5.97 Å². The molecule has 14 heavy (non-hydrogen) atoms. The second-order valence-corrected chi connectivity index (χ2v) is 2.69. The van der Waals surface area contributed by atoms with Crippen LogP contribution in [0.1, 0.15) is 15.9 Å². The molecule has 0 bridgehead atoms. The minimum absolute atomic E-state index is 0.0732. The lowest BCUT2D eigenvalue weighted by molar-refractivity contribution is 0.0698. The molecule has 1 aromatic rings. The summed E-state index contributed by atoms with van der Waals surface area (Å²) >= 11 is 0. The van der Waals surface area contributed by atoms with E-state index in [4.69, 9.17) is 10.8 Å². The number of hydrogen-bond donors (Lipinski definition) is 2. The fraction of sp³-hybridized carbons (Fsp3) is 0. The van der Waals surface area contributed by atoms with Crippen LogP contribution in [0.5, 0.6) is 0 Å². The summed E-state index contributed by atoms with van der Waals surface area (Å²) in [4.78, 5) is 14.4. The topological polar surface area (TPSA) is 75.7 Å². The molecule has 0 aliphatic carbocycles. The van der Waals surface area contributed by atoms with E-state index in [0.29, 0.717) is 5.56 Å². The third-order valence-corrected chi connectivity index (χ3v) is 1.77. The third kappa shape index (κ3) is 1.64. The van der Waals surface area contributed by atoms with E-state index in [1.165, 1.54) is 6.07 Å². The van der Waals surface area contributed by atoms with E-state index in [9.17, 15) is 4.79 Å². The molecule has 0 aromatic heterocycles. The van der Waals surface area contributed by atoms with Gasteiger partial charge in [-0.2, -0.15) is 0 Å². The molecule has 4 heteroatoms. The average Bonchev–Trinajstić information content (AvgIpc) is 2.16. The first-order chi connectivity index (χ1) is 6.57. The molecule has 0 spiro atoms. The number of carboxylic acids is 1. The molecule has 0 aliphatic rings. The molecule has 0 radical (unpaired) electrons. The second-order valence-electron chi connectivity index (χ2n) is 2.69. The Morgan fingerprint density at radius 3 is 2.43 bits per heavy atom. The van der Waals surface area contributed by atoms with Gasteiger partial charge in [0.05, 0.1) is 11.3 Å². The molecule has 72 valence electrons. The van der Waals surface area contributed by atoms with Gasteiger partial charge < -0.3 is 10.8 Å². The number of benzene rings is 1. The van der Waals surface area contributed by atoms with E-state index >= 15 is 0 Å². The van der Waals surface area contributed by atoms with Crippen LogP contribution in [0.3, 0.4) is 0 Å². The molecule has 0 amide bonds. The SMILES string of the molecule is C=Nc1c(C(=C)N)cccc1C(=O)O. The molecule has 1 aromatic carbocycles. The summed E-state index contributed by atoms with van der Waals surface area (Å²) in [6.07, 6.45) is 0. The third-order valence-electron chi connectivity index (χ3n) is 1.77. The van der Waals surface area contributed by atoms with E-state index in [0.717, 1.165) is 0 Å². The zero-order valence-electron chi connectivity index (χ0n) is 7.53. The average molecular weight is 190 g/mol. The number of carboxylic acid groups (broad SMARTS) is 1. The molecule has 0 unspecified atom stereocenters. The molecule has 3 N–H and O–H groups in total. The van der Waals surface area contributed by atoms with Crippen molar-refractivity contribution in [1.82, 2.24) is 0 Å². The van der Waals surface area contributed by atoms with Crippen LogP contribution < -0.4 is 5.73 Å². The predicted molar refractivity (Wildman–Crippen MR) is 55.8 cm³/mol. The van der Waals surface area contributed by atoms with Crippen LogP contribution in [-0.4, -0.2) is 17.8 Å². The van der Waals surface area contributed by atoms with Crippen molar-refractivity contribution in [2.45, 2.75) is 0 Å². The van der Waals surface area contributed by atoms with E-state index in [-0.39, 0.29) is 16.9 Å². The number of nitrogens with two attached hydrogens (primary N) is 1. The molecular formula is C10H10N2O2. The Labute approximate surface area is 81.4 Å². The first-order valence-electron chi connectivity index (χ1n) is 3.85. The highest BCUT2D eigenvalue weighted by atomic mass is 16.4. The Balaban J connectivity index is 3.47. The van der Waals surface area contributed by atoms with Gasteiger partial charge in [-0.25, -0.2) is 4.79 Å². The van der Waals surface area contributed by atoms with Crippen molar-refractivity contribution >= 4 is 24.1 Å². The van der Waals surface area contributed by atoms with Crippen LogP contribution in [0, 0.1) is 0 Å². The zero-order valence-corrected chi connectivity index (χ0v) is 7.53. The highest BCUT2D eigenvalue weighted by Crippen LogP contribution is 2.26. The fourth-order valence-electron chi connectivity index (χ4n) is 1.15. The van der Waals surface area contributed by atoms with Crippen molar-refractivity contribution in [2.24, 2.45) is 10.7 Å². The second kappa shape index (κ2) is 3.74. The minimum atomic E-state index is -1.06. The highest BCUT2D eigenvalue weighted by molar-refractivity contribution is 5.96. The number of aromatic carboxylic acids is 1. The maximum atomic E-state index is 10.8. The number of nitrogens with zero attached hydrogens (tertiary/aromatic N) is 1. The maximum absolute atomic E-state index is 10.8. The van der Waals surface area contributed by atoms with Crippen LogP contribution in [0.15, 0.2) is 29.8 Å². The lowest BCUT2D eigenvalue weighted by Crippen LogP contribution is -2.01. The van der Waals surface area contributed by atoms with E-state index in [2.05, 4.69) is 18.3 Å². The summed E-state index contributed by atoms with van der Waals surface area (Å²) in [5, 5.41) is 8.84. The van der Waals surface area contributed by atoms with Gasteiger partial charge in [0.1, 0.15) is 0 Å². The van der Waals surface area contributed by atoms with Crippen molar-refractivity contribution in [2.75, 3.05) is 0 Å². The molecule has 1 rings (SSSR count). The van der Waals surface area contributed by atoms with Gasteiger partial charge in [-0.3, -0.25) is 4.99 Å². The summed E-state index contributed by atoms with van der Waals surface area (Å²) < 4.78 is 0. The number of aliphatic imine (C=N–C) groups is 1. The molecular weight excluding hydrogens is 180 g/mol. The highest BCUT2D eigenvalue weighted by Gasteiger charge is 2.12. The Morgan fingerprint density at radius 1 is 1.43 bits per heavy atom. The minimum Gasteiger partial charge on any atom is -0.478 e. The number of hydrogen-bond acceptors (Lipinski definition) is 3. The first-order valence-corrected chi connectivity index (χ1v) is 3.85. The summed E-state index contributed by atoms with van der Waals surface area (Å²) in [5.74, 6) is -1.06. The summed E-state index contributed by atoms with van der Waals surface area (Å²) in [6.45, 7) is 6.84. The lowest BCUT2D eigenvalue weighted by Gasteiger charge is -2.06. The Kier molecular flexibility index (Phi) is 2.67. The first kappa shape index (κ1) is 9.98. The maximum Gasteiger partial charge on any atom is 0.337 e.